The van der Waals surface area contributed by atoms with E-state index in [0.29, 0.717) is 13.0 Å². The van der Waals surface area contributed by atoms with Crippen LogP contribution in [0.3, 0.4) is 0 Å². The van der Waals surface area contributed by atoms with E-state index in [9.17, 15) is 13.2 Å². The van der Waals surface area contributed by atoms with Crippen LogP contribution in [0.5, 0.6) is 0 Å². The second-order valence-electron chi connectivity index (χ2n) is 4.85. The Labute approximate surface area is 99.2 Å². The zero-order valence-electron chi connectivity index (χ0n) is 10.0. The van der Waals surface area contributed by atoms with Gasteiger partial charge in [0.15, 0.2) is 0 Å². The van der Waals surface area contributed by atoms with Crippen LogP contribution >= 0.6 is 0 Å². The first-order valence-electron chi connectivity index (χ1n) is 5.74. The predicted molar refractivity (Wildman–Crippen MR) is 60.8 cm³/mol. The Kier molecular flexibility index (Phi) is 3.17. The first kappa shape index (κ1) is 12.4. The summed E-state index contributed by atoms with van der Waals surface area (Å²) in [5.74, 6) is 0. The van der Waals surface area contributed by atoms with E-state index in [1.807, 2.05) is 26.0 Å². The summed E-state index contributed by atoms with van der Waals surface area (Å²) >= 11 is 0. The van der Waals surface area contributed by atoms with Gasteiger partial charge < -0.3 is 0 Å². The third-order valence-corrected chi connectivity index (χ3v) is 3.26. The van der Waals surface area contributed by atoms with Gasteiger partial charge in [0, 0.05) is 12.6 Å². The van der Waals surface area contributed by atoms with Crippen molar-refractivity contribution >= 4 is 0 Å². The van der Waals surface area contributed by atoms with Crippen LogP contribution < -0.4 is 0 Å². The van der Waals surface area contributed by atoms with E-state index >= 15 is 0 Å². The van der Waals surface area contributed by atoms with E-state index in [1.165, 1.54) is 16.0 Å². The highest BCUT2D eigenvalue weighted by Gasteiger charge is 2.34. The van der Waals surface area contributed by atoms with Crippen LogP contribution in [0, 0.1) is 6.92 Å². The van der Waals surface area contributed by atoms with Crippen LogP contribution in [-0.4, -0.2) is 23.7 Å². The summed E-state index contributed by atoms with van der Waals surface area (Å²) in [6.45, 7) is 3.45. The molecule has 0 N–H and O–H groups in total. The third kappa shape index (κ3) is 3.00. The molecule has 0 aromatic heterocycles. The fourth-order valence-electron chi connectivity index (χ4n) is 2.36. The first-order valence-corrected chi connectivity index (χ1v) is 5.74. The molecule has 0 fully saturated rings. The van der Waals surface area contributed by atoms with Crippen LogP contribution in [0.15, 0.2) is 18.2 Å². The van der Waals surface area contributed by atoms with Gasteiger partial charge in [-0.25, -0.2) is 0 Å². The number of alkyl halides is 3. The number of rotatable bonds is 1. The lowest BCUT2D eigenvalue weighted by Gasteiger charge is -2.35. The fourth-order valence-corrected chi connectivity index (χ4v) is 2.36. The monoisotopic (exact) mass is 243 g/mol. The van der Waals surface area contributed by atoms with E-state index in [2.05, 4.69) is 6.07 Å². The smallest absolute Gasteiger partial charge is 0.288 e. The van der Waals surface area contributed by atoms with Crippen LogP contribution in [0.2, 0.25) is 0 Å². The highest BCUT2D eigenvalue weighted by atomic mass is 19.4. The second-order valence-corrected chi connectivity index (χ2v) is 4.85. The van der Waals surface area contributed by atoms with Gasteiger partial charge in [-0.2, -0.15) is 13.2 Å². The summed E-state index contributed by atoms with van der Waals surface area (Å²) < 4.78 is 37.2. The third-order valence-electron chi connectivity index (χ3n) is 3.26. The topological polar surface area (TPSA) is 3.24 Å². The summed E-state index contributed by atoms with van der Waals surface area (Å²) in [5, 5.41) is 0. The fraction of sp³-hybridized carbons (Fsp3) is 0.538. The molecule has 0 amide bonds. The highest BCUT2D eigenvalue weighted by molar-refractivity contribution is 5.33. The summed E-state index contributed by atoms with van der Waals surface area (Å²) in [6.07, 6.45) is -3.41. The molecule has 1 aromatic carbocycles. The molecule has 2 rings (SSSR count). The van der Waals surface area contributed by atoms with Gasteiger partial charge in [-0.15, -0.1) is 0 Å². The molecule has 1 atom stereocenters. The summed E-state index contributed by atoms with van der Waals surface area (Å²) in [6, 6.07) is 5.93. The van der Waals surface area contributed by atoms with Gasteiger partial charge in [-0.1, -0.05) is 23.8 Å². The van der Waals surface area contributed by atoms with Gasteiger partial charge in [-0.05, 0) is 31.4 Å². The molecule has 17 heavy (non-hydrogen) atoms. The Morgan fingerprint density at radius 2 is 2.00 bits per heavy atom. The first-order chi connectivity index (χ1) is 7.85. The molecule has 0 radical (unpaired) electrons. The minimum Gasteiger partial charge on any atom is -0.288 e. The van der Waals surface area contributed by atoms with E-state index in [1.54, 1.807) is 0 Å². The van der Waals surface area contributed by atoms with Crippen molar-refractivity contribution in [2.24, 2.45) is 0 Å². The maximum Gasteiger partial charge on any atom is 0.401 e. The molecule has 94 valence electrons. The van der Waals surface area contributed by atoms with Crippen molar-refractivity contribution in [2.75, 3.05) is 6.54 Å². The molecular weight excluding hydrogens is 227 g/mol. The van der Waals surface area contributed by atoms with Gasteiger partial charge in [0.05, 0.1) is 6.54 Å². The Morgan fingerprint density at radius 3 is 2.65 bits per heavy atom. The van der Waals surface area contributed by atoms with Gasteiger partial charge in [0.2, 0.25) is 0 Å². The zero-order chi connectivity index (χ0) is 12.6. The maximum absolute atomic E-state index is 12.4. The molecule has 0 saturated heterocycles. The van der Waals surface area contributed by atoms with Gasteiger partial charge in [0.25, 0.3) is 0 Å². The summed E-state index contributed by atoms with van der Waals surface area (Å²) in [5.41, 5.74) is 3.38. The minimum atomic E-state index is -4.11. The van der Waals surface area contributed by atoms with Gasteiger partial charge in [-0.3, -0.25) is 4.90 Å². The average molecular weight is 243 g/mol. The molecular formula is C13H16F3N. The second kappa shape index (κ2) is 4.33. The van der Waals surface area contributed by atoms with Crippen molar-refractivity contribution in [3.8, 4) is 0 Å². The van der Waals surface area contributed by atoms with Crippen LogP contribution in [0.25, 0.3) is 0 Å². The van der Waals surface area contributed by atoms with Crippen LogP contribution in [-0.2, 0) is 13.0 Å². The number of fused-ring (bicyclic) bond motifs is 1. The quantitative estimate of drug-likeness (QED) is 0.731. The van der Waals surface area contributed by atoms with Crippen molar-refractivity contribution in [1.29, 1.82) is 0 Å². The predicted octanol–water partition coefficient (Wildman–Crippen LogP) is 3.30. The molecule has 4 heteroatoms. The molecule has 0 saturated carbocycles. The molecule has 1 aromatic rings. The Bertz CT molecular complexity index is 412. The normalized spacial score (nSPS) is 21.4. The number of hydrogen-bond acceptors (Lipinski definition) is 1. The van der Waals surface area contributed by atoms with E-state index in [-0.39, 0.29) is 6.04 Å². The maximum atomic E-state index is 12.4. The largest absolute Gasteiger partial charge is 0.401 e. The van der Waals surface area contributed by atoms with Crippen LogP contribution in [0.4, 0.5) is 13.2 Å². The standard InChI is InChI=1S/C13H16F3N/c1-9-3-4-11-7-17(8-13(14,15)16)10(2)6-12(11)5-9/h3-5,10H,6-8H2,1-2H3/t10-/m1/s1. The number of aryl methyl sites for hydroxylation is 1. The molecule has 0 unspecified atom stereocenters. The molecule has 0 aliphatic carbocycles. The molecule has 0 bridgehead atoms. The zero-order valence-corrected chi connectivity index (χ0v) is 10.0. The molecule has 0 spiro atoms. The van der Waals surface area contributed by atoms with Gasteiger partial charge in [0.1, 0.15) is 0 Å². The Hall–Kier alpha value is -1.03. The molecule has 1 aliphatic heterocycles. The van der Waals surface area contributed by atoms with Gasteiger partial charge >= 0.3 is 6.18 Å². The van der Waals surface area contributed by atoms with Crippen molar-refractivity contribution in [3.05, 3.63) is 34.9 Å². The average Bonchev–Trinajstić information content (AvgIpc) is 2.17. The number of benzene rings is 1. The van der Waals surface area contributed by atoms with Crippen LogP contribution in [0.1, 0.15) is 23.6 Å². The molecule has 1 nitrogen and oxygen atoms in total. The SMILES string of the molecule is Cc1ccc2c(c1)C[C@@H](C)N(CC(F)(F)F)C2. The molecule has 1 aliphatic rings. The molecule has 1 heterocycles. The van der Waals surface area contributed by atoms with Crippen molar-refractivity contribution in [1.82, 2.24) is 4.90 Å². The van der Waals surface area contributed by atoms with E-state index < -0.39 is 12.7 Å². The number of nitrogens with zero attached hydrogens (tertiary/aromatic N) is 1. The lowest BCUT2D eigenvalue weighted by Crippen LogP contribution is -2.43. The van der Waals surface area contributed by atoms with E-state index in [0.717, 1.165) is 5.56 Å². The number of halogens is 3. The number of hydrogen-bond donors (Lipinski definition) is 0. The van der Waals surface area contributed by atoms with Crippen molar-refractivity contribution < 1.29 is 13.2 Å². The lowest BCUT2D eigenvalue weighted by molar-refractivity contribution is -0.152. The summed E-state index contributed by atoms with van der Waals surface area (Å²) in [7, 11) is 0. The Balaban J connectivity index is 2.18. The highest BCUT2D eigenvalue weighted by Crippen LogP contribution is 2.27. The minimum absolute atomic E-state index is 0.0501. The Morgan fingerprint density at radius 1 is 1.29 bits per heavy atom. The van der Waals surface area contributed by atoms with E-state index in [4.69, 9.17) is 0 Å². The van der Waals surface area contributed by atoms with Crippen molar-refractivity contribution in [3.63, 3.8) is 0 Å². The lowest BCUT2D eigenvalue weighted by atomic mass is 9.93. The van der Waals surface area contributed by atoms with Crippen molar-refractivity contribution in [2.45, 2.75) is 39.0 Å². The summed E-state index contributed by atoms with van der Waals surface area (Å²) in [4.78, 5) is 1.50.